The molecule has 2 heterocycles. The van der Waals surface area contributed by atoms with Gasteiger partial charge < -0.3 is 14.9 Å². The zero-order valence-corrected chi connectivity index (χ0v) is 13.3. The molecule has 0 unspecified atom stereocenters. The summed E-state index contributed by atoms with van der Waals surface area (Å²) >= 11 is 6.03. The predicted molar refractivity (Wildman–Crippen MR) is 85.8 cm³/mol. The first-order valence-corrected chi connectivity index (χ1v) is 7.80. The minimum absolute atomic E-state index is 0.105. The SMILES string of the molecule is Cc1oc(-c2cccc(Cl)c2)nc1CN1CCO[C@@H](CN)C1. The fourth-order valence-corrected chi connectivity index (χ4v) is 2.79. The Kier molecular flexibility index (Phi) is 4.78. The van der Waals surface area contributed by atoms with Crippen LogP contribution < -0.4 is 5.73 Å². The number of nitrogens with zero attached hydrogens (tertiary/aromatic N) is 2. The second kappa shape index (κ2) is 6.79. The van der Waals surface area contributed by atoms with Crippen LogP contribution in [0.4, 0.5) is 0 Å². The highest BCUT2D eigenvalue weighted by molar-refractivity contribution is 6.30. The first-order chi connectivity index (χ1) is 10.7. The number of nitrogens with two attached hydrogens (primary N) is 1. The maximum atomic E-state index is 6.03. The van der Waals surface area contributed by atoms with Crippen molar-refractivity contribution in [2.45, 2.75) is 19.6 Å². The van der Waals surface area contributed by atoms with E-state index in [4.69, 9.17) is 26.5 Å². The smallest absolute Gasteiger partial charge is 0.226 e. The van der Waals surface area contributed by atoms with Crippen LogP contribution in [0.3, 0.4) is 0 Å². The first kappa shape index (κ1) is 15.5. The third kappa shape index (κ3) is 3.50. The summed E-state index contributed by atoms with van der Waals surface area (Å²) in [4.78, 5) is 6.93. The van der Waals surface area contributed by atoms with Crippen molar-refractivity contribution in [3.63, 3.8) is 0 Å². The summed E-state index contributed by atoms with van der Waals surface area (Å²) in [6.45, 7) is 5.65. The molecular formula is C16H20ClN3O2. The van der Waals surface area contributed by atoms with Gasteiger partial charge in [0.2, 0.25) is 5.89 Å². The summed E-state index contributed by atoms with van der Waals surface area (Å²) in [5.41, 5.74) is 7.53. The standard InChI is InChI=1S/C16H20ClN3O2/c1-11-15(10-20-5-6-21-14(8-18)9-20)19-16(22-11)12-3-2-4-13(17)7-12/h2-4,7,14H,5-6,8-10,18H2,1H3/t14-/m0/s1. The van der Waals surface area contributed by atoms with Crippen molar-refractivity contribution < 1.29 is 9.15 Å². The number of hydrogen-bond donors (Lipinski definition) is 1. The van der Waals surface area contributed by atoms with Gasteiger partial charge in [-0.05, 0) is 25.1 Å². The Bertz CT molecular complexity index is 644. The number of aromatic nitrogens is 1. The summed E-state index contributed by atoms with van der Waals surface area (Å²) in [5.74, 6) is 1.45. The van der Waals surface area contributed by atoms with Crippen LogP contribution in [0.25, 0.3) is 11.5 Å². The quantitative estimate of drug-likeness (QED) is 0.937. The van der Waals surface area contributed by atoms with Crippen LogP contribution in [-0.2, 0) is 11.3 Å². The van der Waals surface area contributed by atoms with E-state index in [1.54, 1.807) is 0 Å². The van der Waals surface area contributed by atoms with Crippen molar-refractivity contribution in [3.05, 3.63) is 40.7 Å². The highest BCUT2D eigenvalue weighted by Gasteiger charge is 2.21. The van der Waals surface area contributed by atoms with Crippen molar-refractivity contribution in [1.29, 1.82) is 0 Å². The van der Waals surface area contributed by atoms with Gasteiger partial charge in [-0.25, -0.2) is 4.98 Å². The van der Waals surface area contributed by atoms with E-state index in [0.29, 0.717) is 24.1 Å². The maximum absolute atomic E-state index is 6.03. The molecule has 0 spiro atoms. The Labute approximate surface area is 135 Å². The van der Waals surface area contributed by atoms with E-state index in [0.717, 1.165) is 36.7 Å². The molecule has 1 saturated heterocycles. The molecule has 1 aliphatic heterocycles. The molecule has 0 aliphatic carbocycles. The fraction of sp³-hybridized carbons (Fsp3) is 0.438. The van der Waals surface area contributed by atoms with Gasteiger partial charge in [0.1, 0.15) is 5.76 Å². The van der Waals surface area contributed by atoms with E-state index >= 15 is 0 Å². The molecule has 6 heteroatoms. The van der Waals surface area contributed by atoms with Crippen molar-refractivity contribution >= 4 is 11.6 Å². The van der Waals surface area contributed by atoms with E-state index in [-0.39, 0.29) is 6.10 Å². The molecule has 22 heavy (non-hydrogen) atoms. The van der Waals surface area contributed by atoms with Gasteiger partial charge in [0.15, 0.2) is 0 Å². The predicted octanol–water partition coefficient (Wildman–Crippen LogP) is 2.46. The summed E-state index contributed by atoms with van der Waals surface area (Å²) in [6, 6.07) is 7.53. The third-order valence-corrected chi connectivity index (χ3v) is 4.06. The van der Waals surface area contributed by atoms with E-state index in [9.17, 15) is 0 Å². The lowest BCUT2D eigenvalue weighted by Gasteiger charge is -2.31. The van der Waals surface area contributed by atoms with Crippen LogP contribution in [0.5, 0.6) is 0 Å². The highest BCUT2D eigenvalue weighted by Crippen LogP contribution is 2.25. The number of aryl methyl sites for hydroxylation is 1. The Morgan fingerprint density at radius 1 is 1.45 bits per heavy atom. The number of morpholine rings is 1. The summed E-state index contributed by atoms with van der Waals surface area (Å²) in [6.07, 6.45) is 0.105. The normalized spacial score (nSPS) is 19.5. The molecule has 1 aliphatic rings. The molecule has 3 rings (SSSR count). The lowest BCUT2D eigenvalue weighted by Crippen LogP contribution is -2.45. The van der Waals surface area contributed by atoms with Gasteiger partial charge >= 0.3 is 0 Å². The molecule has 5 nitrogen and oxygen atoms in total. The average molecular weight is 322 g/mol. The molecule has 0 bridgehead atoms. The summed E-state index contributed by atoms with van der Waals surface area (Å²) < 4.78 is 11.4. The Hall–Kier alpha value is -1.40. The zero-order chi connectivity index (χ0) is 15.5. The van der Waals surface area contributed by atoms with Crippen molar-refractivity contribution in [2.24, 2.45) is 5.73 Å². The first-order valence-electron chi connectivity index (χ1n) is 7.42. The zero-order valence-electron chi connectivity index (χ0n) is 12.6. The molecule has 0 radical (unpaired) electrons. The Balaban J connectivity index is 1.75. The minimum Gasteiger partial charge on any atom is -0.441 e. The summed E-state index contributed by atoms with van der Waals surface area (Å²) in [5, 5.41) is 0.675. The van der Waals surface area contributed by atoms with E-state index in [2.05, 4.69) is 9.88 Å². The largest absolute Gasteiger partial charge is 0.441 e. The number of hydrogen-bond acceptors (Lipinski definition) is 5. The molecule has 2 aromatic rings. The van der Waals surface area contributed by atoms with Crippen LogP contribution in [0.1, 0.15) is 11.5 Å². The van der Waals surface area contributed by atoms with Gasteiger partial charge in [-0.2, -0.15) is 0 Å². The Morgan fingerprint density at radius 2 is 2.32 bits per heavy atom. The second-order valence-electron chi connectivity index (χ2n) is 5.50. The number of benzene rings is 1. The molecule has 1 aromatic carbocycles. The number of ether oxygens (including phenoxy) is 1. The van der Waals surface area contributed by atoms with Crippen LogP contribution in [-0.4, -0.2) is 42.2 Å². The molecule has 0 saturated carbocycles. The van der Waals surface area contributed by atoms with Crippen LogP contribution >= 0.6 is 11.6 Å². The molecule has 2 N–H and O–H groups in total. The fourth-order valence-electron chi connectivity index (χ4n) is 2.60. The molecular weight excluding hydrogens is 302 g/mol. The van der Waals surface area contributed by atoms with Crippen LogP contribution in [0.2, 0.25) is 5.02 Å². The van der Waals surface area contributed by atoms with Crippen LogP contribution in [0, 0.1) is 6.92 Å². The highest BCUT2D eigenvalue weighted by atomic mass is 35.5. The molecule has 1 atom stereocenters. The molecule has 0 amide bonds. The third-order valence-electron chi connectivity index (χ3n) is 3.82. The van der Waals surface area contributed by atoms with Gasteiger partial charge in [0.25, 0.3) is 0 Å². The minimum atomic E-state index is 0.105. The monoisotopic (exact) mass is 321 g/mol. The van der Waals surface area contributed by atoms with E-state index in [1.165, 1.54) is 0 Å². The molecule has 118 valence electrons. The number of oxazole rings is 1. The maximum Gasteiger partial charge on any atom is 0.226 e. The number of halogens is 1. The van der Waals surface area contributed by atoms with Gasteiger partial charge in [-0.3, -0.25) is 4.90 Å². The summed E-state index contributed by atoms with van der Waals surface area (Å²) in [7, 11) is 0. The van der Waals surface area contributed by atoms with Crippen molar-refractivity contribution in [3.8, 4) is 11.5 Å². The van der Waals surface area contributed by atoms with Crippen molar-refractivity contribution in [2.75, 3.05) is 26.2 Å². The Morgan fingerprint density at radius 3 is 3.09 bits per heavy atom. The molecule has 1 fully saturated rings. The lowest BCUT2D eigenvalue weighted by atomic mass is 10.2. The van der Waals surface area contributed by atoms with Gasteiger partial charge in [-0.1, -0.05) is 17.7 Å². The van der Waals surface area contributed by atoms with Gasteiger partial charge in [0, 0.05) is 36.8 Å². The van der Waals surface area contributed by atoms with E-state index < -0.39 is 0 Å². The topological polar surface area (TPSA) is 64.5 Å². The number of rotatable bonds is 4. The lowest BCUT2D eigenvalue weighted by molar-refractivity contribution is -0.0264. The van der Waals surface area contributed by atoms with Crippen LogP contribution in [0.15, 0.2) is 28.7 Å². The van der Waals surface area contributed by atoms with E-state index in [1.807, 2.05) is 31.2 Å². The average Bonchev–Trinajstić information content (AvgIpc) is 2.89. The molecule has 1 aromatic heterocycles. The van der Waals surface area contributed by atoms with Gasteiger partial charge in [-0.15, -0.1) is 0 Å². The second-order valence-corrected chi connectivity index (χ2v) is 5.93. The van der Waals surface area contributed by atoms with Crippen molar-refractivity contribution in [1.82, 2.24) is 9.88 Å². The van der Waals surface area contributed by atoms with Gasteiger partial charge in [0.05, 0.1) is 18.4 Å².